The zero-order valence-corrected chi connectivity index (χ0v) is 18.8. The summed E-state index contributed by atoms with van der Waals surface area (Å²) in [6.45, 7) is 0.262. The fourth-order valence-electron chi connectivity index (χ4n) is 4.85. The Kier molecular flexibility index (Phi) is 6.65. The largest absolute Gasteiger partial charge is 0.496 e. The summed E-state index contributed by atoms with van der Waals surface area (Å²) in [5.41, 5.74) is 1.10. The molecule has 1 aromatic carbocycles. The van der Waals surface area contributed by atoms with Gasteiger partial charge in [-0.2, -0.15) is 5.26 Å². The number of aromatic amines is 1. The predicted octanol–water partition coefficient (Wildman–Crippen LogP) is 2.17. The minimum atomic E-state index is -0.777. The number of Topliss-reactive ketones (excluding diaryl/α,β-unsaturated/α-hetero) is 1. The Morgan fingerprint density at radius 3 is 2.85 bits per heavy atom. The van der Waals surface area contributed by atoms with Crippen molar-refractivity contribution >= 4 is 28.5 Å². The first kappa shape index (κ1) is 22.8. The molecule has 1 aliphatic carbocycles. The molecule has 4 atom stereocenters. The van der Waals surface area contributed by atoms with Crippen molar-refractivity contribution in [1.29, 1.82) is 5.26 Å². The maximum absolute atomic E-state index is 13.4. The number of benzene rings is 1. The molecule has 2 fully saturated rings. The van der Waals surface area contributed by atoms with Crippen molar-refractivity contribution in [3.05, 3.63) is 30.0 Å². The highest BCUT2D eigenvalue weighted by Crippen LogP contribution is 2.29. The second-order valence-electron chi connectivity index (χ2n) is 8.65. The van der Waals surface area contributed by atoms with Gasteiger partial charge in [-0.15, -0.1) is 0 Å². The number of nitrogens with one attached hydrogen (secondary N) is 2. The summed E-state index contributed by atoms with van der Waals surface area (Å²) in [6, 6.07) is 7.76. The van der Waals surface area contributed by atoms with Gasteiger partial charge < -0.3 is 24.7 Å². The number of nitrogens with zero attached hydrogens (tertiary/aromatic N) is 2. The molecule has 4 rings (SSSR count). The Bertz CT molecular complexity index is 1100. The molecule has 2 aliphatic rings. The van der Waals surface area contributed by atoms with Crippen molar-refractivity contribution in [2.75, 3.05) is 20.8 Å². The number of fused-ring (bicyclic) bond motifs is 1. The van der Waals surface area contributed by atoms with Crippen molar-refractivity contribution in [2.45, 2.75) is 50.3 Å². The van der Waals surface area contributed by atoms with Gasteiger partial charge in [-0.25, -0.2) is 0 Å². The van der Waals surface area contributed by atoms with Crippen LogP contribution in [0.4, 0.5) is 0 Å². The molecule has 2 aromatic rings. The zero-order valence-electron chi connectivity index (χ0n) is 18.8. The van der Waals surface area contributed by atoms with Crippen molar-refractivity contribution in [2.24, 2.45) is 5.92 Å². The molecule has 1 aromatic heterocycles. The highest BCUT2D eigenvalue weighted by Gasteiger charge is 2.41. The van der Waals surface area contributed by atoms with Crippen molar-refractivity contribution in [1.82, 2.24) is 15.2 Å². The second-order valence-corrected chi connectivity index (χ2v) is 8.65. The van der Waals surface area contributed by atoms with Crippen LogP contribution >= 0.6 is 0 Å². The number of rotatable bonds is 7. The van der Waals surface area contributed by atoms with E-state index < -0.39 is 18.0 Å². The van der Waals surface area contributed by atoms with Gasteiger partial charge in [-0.1, -0.05) is 6.07 Å². The number of carbonyl (C=O) groups excluding carboxylic acids is 3. The third-order valence-corrected chi connectivity index (χ3v) is 6.66. The molecule has 9 heteroatoms. The van der Waals surface area contributed by atoms with Crippen molar-refractivity contribution in [3.8, 4) is 11.8 Å². The number of hydrogen-bond donors (Lipinski definition) is 2. The molecular weight excluding hydrogens is 424 g/mol. The Morgan fingerprint density at radius 1 is 1.36 bits per heavy atom. The zero-order chi connectivity index (χ0) is 23.5. The number of nitriles is 1. The summed E-state index contributed by atoms with van der Waals surface area (Å²) in [5.74, 6) is -0.132. The maximum atomic E-state index is 13.4. The van der Waals surface area contributed by atoms with Gasteiger partial charge in [0, 0.05) is 43.3 Å². The highest BCUT2D eigenvalue weighted by atomic mass is 16.5. The number of aromatic nitrogens is 1. The molecule has 2 amide bonds. The van der Waals surface area contributed by atoms with Crippen molar-refractivity contribution in [3.63, 3.8) is 0 Å². The van der Waals surface area contributed by atoms with Gasteiger partial charge in [0.2, 0.25) is 5.91 Å². The van der Waals surface area contributed by atoms with E-state index in [1.165, 1.54) is 4.90 Å². The molecule has 2 heterocycles. The first-order chi connectivity index (χ1) is 15.9. The third-order valence-electron chi connectivity index (χ3n) is 6.66. The number of amides is 2. The predicted molar refractivity (Wildman–Crippen MR) is 120 cm³/mol. The summed E-state index contributed by atoms with van der Waals surface area (Å²) < 4.78 is 10.8. The molecule has 0 spiro atoms. The number of methoxy groups -OCH3 is 2. The standard InChI is InChI=1S/C24H28N4O5/c1-32-16-10-20(23(30)26-15(12-25)9-14-5-3-7-21(14)29)28(13-16)24(31)19-11-17-18(27-19)6-4-8-22(17)33-2/h4,6,8,11,14-16,20,27H,3,5,7,9-10,13H2,1-2H3,(H,26,30). The lowest BCUT2D eigenvalue weighted by atomic mass is 9.98. The normalized spacial score (nSPS) is 23.5. The molecule has 1 saturated heterocycles. The summed E-state index contributed by atoms with van der Waals surface area (Å²) in [4.78, 5) is 43.1. The topological polar surface area (TPSA) is 125 Å². The Balaban J connectivity index is 1.52. The lowest BCUT2D eigenvalue weighted by molar-refractivity contribution is -0.126. The molecule has 4 unspecified atom stereocenters. The molecular formula is C24H28N4O5. The van der Waals surface area contributed by atoms with Gasteiger partial charge in [-0.3, -0.25) is 14.4 Å². The minimum absolute atomic E-state index is 0.149. The van der Waals surface area contributed by atoms with Gasteiger partial charge in [0.05, 0.1) is 19.3 Å². The molecule has 1 aliphatic heterocycles. The fraction of sp³-hybridized carbons (Fsp3) is 0.500. The average Bonchev–Trinajstić information content (AvgIpc) is 3.55. The van der Waals surface area contributed by atoms with E-state index in [4.69, 9.17) is 9.47 Å². The maximum Gasteiger partial charge on any atom is 0.271 e. The van der Waals surface area contributed by atoms with E-state index >= 15 is 0 Å². The Morgan fingerprint density at radius 2 is 2.18 bits per heavy atom. The Labute approximate surface area is 192 Å². The van der Waals surface area contributed by atoms with E-state index in [-0.39, 0.29) is 30.3 Å². The molecule has 0 bridgehead atoms. The smallest absolute Gasteiger partial charge is 0.271 e. The first-order valence-corrected chi connectivity index (χ1v) is 11.2. The van der Waals surface area contributed by atoms with E-state index in [1.54, 1.807) is 20.3 Å². The van der Waals surface area contributed by atoms with E-state index in [2.05, 4.69) is 16.4 Å². The van der Waals surface area contributed by atoms with Gasteiger partial charge >= 0.3 is 0 Å². The average molecular weight is 453 g/mol. The first-order valence-electron chi connectivity index (χ1n) is 11.2. The third kappa shape index (κ3) is 4.57. The van der Waals surface area contributed by atoms with Crippen LogP contribution in [0.1, 0.15) is 42.6 Å². The summed E-state index contributed by atoms with van der Waals surface area (Å²) in [7, 11) is 3.11. The summed E-state index contributed by atoms with van der Waals surface area (Å²) in [5, 5.41) is 13.1. The van der Waals surface area contributed by atoms with Gasteiger partial charge in [-0.05, 0) is 37.5 Å². The van der Waals surface area contributed by atoms with Gasteiger partial charge in [0.1, 0.15) is 29.3 Å². The van der Waals surface area contributed by atoms with Crippen molar-refractivity contribution < 1.29 is 23.9 Å². The van der Waals surface area contributed by atoms with Crippen LogP contribution in [0, 0.1) is 17.2 Å². The number of H-pyrrole nitrogens is 1. The number of hydrogen-bond acceptors (Lipinski definition) is 6. The van der Waals surface area contributed by atoms with E-state index in [0.29, 0.717) is 30.7 Å². The monoisotopic (exact) mass is 452 g/mol. The number of likely N-dealkylation sites (tertiary alicyclic amines) is 1. The van der Waals surface area contributed by atoms with Crippen LogP contribution in [0.25, 0.3) is 10.9 Å². The van der Waals surface area contributed by atoms with Gasteiger partial charge in [0.25, 0.3) is 5.91 Å². The quantitative estimate of drug-likeness (QED) is 0.663. The molecule has 174 valence electrons. The van der Waals surface area contributed by atoms with Crippen LogP contribution in [-0.2, 0) is 14.3 Å². The van der Waals surface area contributed by atoms with Crippen LogP contribution in [0.15, 0.2) is 24.3 Å². The van der Waals surface area contributed by atoms with Crippen LogP contribution in [-0.4, -0.2) is 66.4 Å². The van der Waals surface area contributed by atoms with Crippen LogP contribution in [0.2, 0.25) is 0 Å². The van der Waals surface area contributed by atoms with Gasteiger partial charge in [0.15, 0.2) is 0 Å². The lowest BCUT2D eigenvalue weighted by Crippen LogP contribution is -2.49. The minimum Gasteiger partial charge on any atom is -0.496 e. The SMILES string of the molecule is COc1cccc2[nH]c(C(=O)N3CC(OC)CC3C(=O)NC(C#N)CC3CCCC3=O)cc12. The second kappa shape index (κ2) is 9.63. The molecule has 9 nitrogen and oxygen atoms in total. The molecule has 1 saturated carbocycles. The summed E-state index contributed by atoms with van der Waals surface area (Å²) in [6.07, 6.45) is 2.45. The molecule has 2 N–H and O–H groups in total. The van der Waals surface area contributed by atoms with Crippen LogP contribution in [0.5, 0.6) is 5.75 Å². The van der Waals surface area contributed by atoms with Crippen LogP contribution < -0.4 is 10.1 Å². The molecule has 0 radical (unpaired) electrons. The Hall–Kier alpha value is -3.38. The number of ketones is 1. The summed E-state index contributed by atoms with van der Waals surface area (Å²) >= 11 is 0. The van der Waals surface area contributed by atoms with Crippen LogP contribution in [0.3, 0.4) is 0 Å². The molecule has 33 heavy (non-hydrogen) atoms. The fourth-order valence-corrected chi connectivity index (χ4v) is 4.85. The highest BCUT2D eigenvalue weighted by molar-refractivity contribution is 6.01. The number of ether oxygens (including phenoxy) is 2. The van der Waals surface area contributed by atoms with E-state index in [9.17, 15) is 19.6 Å². The lowest BCUT2D eigenvalue weighted by Gasteiger charge is -2.24. The van der Waals surface area contributed by atoms with E-state index in [1.807, 2.05) is 18.2 Å². The number of carbonyl (C=O) groups is 3. The van der Waals surface area contributed by atoms with E-state index in [0.717, 1.165) is 23.7 Å².